The van der Waals surface area contributed by atoms with Gasteiger partial charge in [0.05, 0.1) is 17.5 Å². The maximum atomic E-state index is 6.01. The molecule has 3 aromatic heterocycles. The summed E-state index contributed by atoms with van der Waals surface area (Å²) in [5.74, 6) is 1.88. The van der Waals surface area contributed by atoms with E-state index >= 15 is 0 Å². The Hall–Kier alpha value is -4.07. The second kappa shape index (κ2) is 9.05. The zero-order valence-corrected chi connectivity index (χ0v) is 18.8. The Labute approximate surface area is 197 Å². The number of rotatable bonds is 6. The van der Waals surface area contributed by atoms with Crippen molar-refractivity contribution in [3.05, 3.63) is 78.1 Å². The lowest BCUT2D eigenvalue weighted by molar-refractivity contribution is 0.306. The molecule has 8 nitrogen and oxygen atoms in total. The fourth-order valence-corrected chi connectivity index (χ4v) is 4.84. The van der Waals surface area contributed by atoms with Crippen LogP contribution in [0.4, 0.5) is 0 Å². The van der Waals surface area contributed by atoms with E-state index in [2.05, 4.69) is 44.9 Å². The first-order valence-electron chi connectivity index (χ1n) is 11.7. The molecular formula is C26H25N7O. The van der Waals surface area contributed by atoms with Crippen LogP contribution >= 0.6 is 0 Å². The molecule has 5 aromatic rings. The SMILES string of the molecule is c1ccc(COc2ccc(-c3c(C4CCCCC4)cnc4c(-c5nnn[nH]5)cnn34)cc2)cc1. The fraction of sp³-hybridized carbons (Fsp3) is 0.269. The lowest BCUT2D eigenvalue weighted by Crippen LogP contribution is -2.10. The van der Waals surface area contributed by atoms with Gasteiger partial charge in [-0.25, -0.2) is 14.6 Å². The van der Waals surface area contributed by atoms with Gasteiger partial charge in [0.15, 0.2) is 11.5 Å². The summed E-state index contributed by atoms with van der Waals surface area (Å²) in [4.78, 5) is 4.80. The zero-order valence-electron chi connectivity index (χ0n) is 18.8. The average molecular weight is 452 g/mol. The molecule has 1 saturated carbocycles. The van der Waals surface area contributed by atoms with Gasteiger partial charge in [-0.3, -0.25) is 0 Å². The Balaban J connectivity index is 1.38. The molecule has 170 valence electrons. The van der Waals surface area contributed by atoms with Crippen LogP contribution in [0.15, 0.2) is 67.0 Å². The van der Waals surface area contributed by atoms with Gasteiger partial charge in [-0.15, -0.1) is 5.10 Å². The molecule has 0 saturated heterocycles. The minimum absolute atomic E-state index is 0.481. The molecule has 8 heteroatoms. The van der Waals surface area contributed by atoms with Crippen molar-refractivity contribution in [3.63, 3.8) is 0 Å². The van der Waals surface area contributed by atoms with Crippen molar-refractivity contribution in [2.24, 2.45) is 0 Å². The van der Waals surface area contributed by atoms with E-state index in [1.165, 1.54) is 37.7 Å². The van der Waals surface area contributed by atoms with E-state index in [0.29, 0.717) is 18.3 Å². The Morgan fingerprint density at radius 1 is 0.941 bits per heavy atom. The monoisotopic (exact) mass is 451 g/mol. The topological polar surface area (TPSA) is 93.9 Å². The molecule has 0 radical (unpaired) electrons. The Morgan fingerprint density at radius 3 is 2.53 bits per heavy atom. The highest BCUT2D eigenvalue weighted by molar-refractivity contribution is 5.76. The molecule has 6 rings (SSSR count). The van der Waals surface area contributed by atoms with Crippen molar-refractivity contribution < 1.29 is 4.74 Å². The highest BCUT2D eigenvalue weighted by atomic mass is 16.5. The number of benzene rings is 2. The fourth-order valence-electron chi connectivity index (χ4n) is 4.84. The third kappa shape index (κ3) is 3.91. The van der Waals surface area contributed by atoms with Crippen LogP contribution in [0.5, 0.6) is 5.75 Å². The number of nitrogens with one attached hydrogen (secondary N) is 1. The molecule has 1 N–H and O–H groups in total. The number of aromatic nitrogens is 7. The van der Waals surface area contributed by atoms with Gasteiger partial charge in [0.2, 0.25) is 0 Å². The molecule has 0 atom stereocenters. The number of fused-ring (bicyclic) bond motifs is 1. The third-order valence-electron chi connectivity index (χ3n) is 6.58. The maximum Gasteiger partial charge on any atom is 0.184 e. The molecule has 0 bridgehead atoms. The van der Waals surface area contributed by atoms with E-state index in [-0.39, 0.29) is 0 Å². The molecule has 1 aliphatic rings. The van der Waals surface area contributed by atoms with Gasteiger partial charge in [-0.05, 0) is 64.6 Å². The highest BCUT2D eigenvalue weighted by Gasteiger charge is 2.24. The van der Waals surface area contributed by atoms with Gasteiger partial charge in [0.25, 0.3) is 0 Å². The standard InChI is InChI=1S/C26H25N7O/c1-3-7-18(8-4-1)17-34-21-13-11-20(12-14-21)24-22(19-9-5-2-6-10-19)15-27-26-23(16-28-33(24)26)25-29-31-32-30-25/h1,3-4,7-8,11-16,19H,2,5-6,9-10,17H2,(H,29,30,31,32). The molecular weight excluding hydrogens is 426 g/mol. The predicted molar refractivity (Wildman–Crippen MR) is 128 cm³/mol. The molecule has 0 amide bonds. The first kappa shape index (κ1) is 20.5. The van der Waals surface area contributed by atoms with Crippen molar-refractivity contribution in [2.75, 3.05) is 0 Å². The normalized spacial score (nSPS) is 14.5. The molecule has 0 aliphatic heterocycles. The van der Waals surface area contributed by atoms with Crippen molar-refractivity contribution in [3.8, 4) is 28.4 Å². The first-order valence-corrected chi connectivity index (χ1v) is 11.7. The lowest BCUT2D eigenvalue weighted by Gasteiger charge is -2.24. The van der Waals surface area contributed by atoms with Gasteiger partial charge in [0, 0.05) is 11.8 Å². The van der Waals surface area contributed by atoms with Gasteiger partial charge in [0.1, 0.15) is 12.4 Å². The number of tetrazole rings is 1. The Morgan fingerprint density at radius 2 is 1.76 bits per heavy atom. The minimum Gasteiger partial charge on any atom is -0.489 e. The second-order valence-corrected chi connectivity index (χ2v) is 8.74. The molecule has 3 heterocycles. The molecule has 2 aromatic carbocycles. The van der Waals surface area contributed by atoms with Crippen LogP contribution in [0.2, 0.25) is 0 Å². The largest absolute Gasteiger partial charge is 0.489 e. The summed E-state index contributed by atoms with van der Waals surface area (Å²) in [7, 11) is 0. The van der Waals surface area contributed by atoms with Gasteiger partial charge in [-0.1, -0.05) is 49.6 Å². The number of H-pyrrole nitrogens is 1. The number of nitrogens with zero attached hydrogens (tertiary/aromatic N) is 6. The van der Waals surface area contributed by atoms with Crippen molar-refractivity contribution in [2.45, 2.75) is 44.6 Å². The van der Waals surface area contributed by atoms with Crippen LogP contribution in [0, 0.1) is 0 Å². The zero-order chi connectivity index (χ0) is 22.7. The number of hydrogen-bond acceptors (Lipinski definition) is 6. The van der Waals surface area contributed by atoms with Crippen LogP contribution in [0.3, 0.4) is 0 Å². The van der Waals surface area contributed by atoms with E-state index in [4.69, 9.17) is 14.8 Å². The summed E-state index contributed by atoms with van der Waals surface area (Å²) in [6.45, 7) is 0.542. The van der Waals surface area contributed by atoms with Crippen LogP contribution in [0.1, 0.15) is 49.1 Å². The second-order valence-electron chi connectivity index (χ2n) is 8.74. The van der Waals surface area contributed by atoms with Crippen LogP contribution < -0.4 is 4.74 Å². The summed E-state index contributed by atoms with van der Waals surface area (Å²) < 4.78 is 7.94. The van der Waals surface area contributed by atoms with Gasteiger partial charge >= 0.3 is 0 Å². The number of ether oxygens (including phenoxy) is 1. The summed E-state index contributed by atoms with van der Waals surface area (Å²) in [5, 5.41) is 19.0. The lowest BCUT2D eigenvalue weighted by atomic mass is 9.83. The van der Waals surface area contributed by atoms with Crippen molar-refractivity contribution in [1.29, 1.82) is 0 Å². The van der Waals surface area contributed by atoms with Crippen LogP contribution in [-0.2, 0) is 6.61 Å². The maximum absolute atomic E-state index is 6.01. The van der Waals surface area contributed by atoms with Crippen LogP contribution in [0.25, 0.3) is 28.3 Å². The summed E-state index contributed by atoms with van der Waals surface area (Å²) in [5.41, 5.74) is 6.07. The van der Waals surface area contributed by atoms with E-state index in [1.54, 1.807) is 6.20 Å². The van der Waals surface area contributed by atoms with E-state index in [0.717, 1.165) is 33.8 Å². The molecule has 1 fully saturated rings. The molecule has 1 aliphatic carbocycles. The quantitative estimate of drug-likeness (QED) is 0.381. The molecule has 0 spiro atoms. The van der Waals surface area contributed by atoms with Gasteiger partial charge in [-0.2, -0.15) is 5.10 Å². The summed E-state index contributed by atoms with van der Waals surface area (Å²) >= 11 is 0. The van der Waals surface area contributed by atoms with Crippen molar-refractivity contribution >= 4 is 5.65 Å². The predicted octanol–water partition coefficient (Wildman–Crippen LogP) is 5.20. The summed E-state index contributed by atoms with van der Waals surface area (Å²) in [6.07, 6.45) is 9.97. The molecule has 34 heavy (non-hydrogen) atoms. The average Bonchev–Trinajstić information content (AvgIpc) is 3.58. The van der Waals surface area contributed by atoms with E-state index in [1.807, 2.05) is 41.0 Å². The number of hydrogen-bond donors (Lipinski definition) is 1. The van der Waals surface area contributed by atoms with Crippen molar-refractivity contribution in [1.82, 2.24) is 35.2 Å². The third-order valence-corrected chi connectivity index (χ3v) is 6.58. The van der Waals surface area contributed by atoms with E-state index < -0.39 is 0 Å². The smallest absolute Gasteiger partial charge is 0.184 e. The minimum atomic E-state index is 0.481. The highest BCUT2D eigenvalue weighted by Crippen LogP contribution is 2.39. The molecule has 0 unspecified atom stereocenters. The van der Waals surface area contributed by atoms with Gasteiger partial charge < -0.3 is 4.74 Å². The first-order chi connectivity index (χ1) is 16.9. The Bertz CT molecular complexity index is 1370. The Kier molecular flexibility index (Phi) is 5.47. The summed E-state index contributed by atoms with van der Waals surface area (Å²) in [6, 6.07) is 18.5. The van der Waals surface area contributed by atoms with Crippen LogP contribution in [-0.4, -0.2) is 35.2 Å². The number of aromatic amines is 1. The van der Waals surface area contributed by atoms with E-state index in [9.17, 15) is 0 Å².